The lowest BCUT2D eigenvalue weighted by Gasteiger charge is -2.16. The van der Waals surface area contributed by atoms with Crippen LogP contribution in [0.15, 0.2) is 48.6 Å². The van der Waals surface area contributed by atoms with E-state index < -0.39 is 61.1 Å². The number of carbonyl (C=O) groups excluding carboxylic acids is 4. The van der Waals surface area contributed by atoms with E-state index in [1.54, 1.807) is 0 Å². The number of Topliss-reactive ketones (excluding diaryl/α,β-unsaturated/α-hetero) is 2. The van der Waals surface area contributed by atoms with Gasteiger partial charge in [-0.2, -0.15) is 0 Å². The highest BCUT2D eigenvalue weighted by molar-refractivity contribution is 6.03. The second kappa shape index (κ2) is 15.0. The van der Waals surface area contributed by atoms with Gasteiger partial charge < -0.3 is 29.9 Å². The van der Waals surface area contributed by atoms with Crippen molar-refractivity contribution in [1.82, 2.24) is 0 Å². The Balaban J connectivity index is 2.59. The number of benzene rings is 1. The molecule has 0 saturated carbocycles. The van der Waals surface area contributed by atoms with Gasteiger partial charge in [0.1, 0.15) is 25.4 Å². The lowest BCUT2D eigenvalue weighted by molar-refractivity contribution is -0.124. The first-order chi connectivity index (χ1) is 16.8. The average Bonchev–Trinajstić information content (AvgIpc) is 2.86. The molecular weight excluding hydrogens is 472 g/mol. The van der Waals surface area contributed by atoms with Crippen molar-refractivity contribution in [2.75, 3.05) is 13.2 Å². The van der Waals surface area contributed by atoms with Gasteiger partial charge in [-0.25, -0.2) is 9.59 Å². The number of rotatable bonds is 16. The molecule has 0 amide bonds. The van der Waals surface area contributed by atoms with Gasteiger partial charge in [-0.1, -0.05) is 25.3 Å². The fraction of sp³-hybridized carbons (Fsp3) is 0.462. The van der Waals surface area contributed by atoms with Crippen molar-refractivity contribution < 1.29 is 49.1 Å². The van der Waals surface area contributed by atoms with E-state index in [1.807, 2.05) is 0 Å². The SMILES string of the molecule is C=C(C)C(=O)C(O)CCC(O)COC(=O)c1ccccc1C(=O)OCC(O)CCC(O)C(=O)C(=C)C. The zero-order chi connectivity index (χ0) is 27.4. The van der Waals surface area contributed by atoms with Crippen LogP contribution in [0.1, 0.15) is 60.2 Å². The minimum absolute atomic E-state index is 0.0122. The van der Waals surface area contributed by atoms with Crippen LogP contribution in [-0.4, -0.2) is 81.6 Å². The molecule has 4 N–H and O–H groups in total. The van der Waals surface area contributed by atoms with Crippen molar-refractivity contribution in [3.8, 4) is 0 Å². The number of aliphatic hydroxyl groups excluding tert-OH is 4. The highest BCUT2D eigenvalue weighted by Crippen LogP contribution is 2.14. The Hall–Kier alpha value is -3.18. The van der Waals surface area contributed by atoms with E-state index in [1.165, 1.54) is 38.1 Å². The van der Waals surface area contributed by atoms with E-state index in [0.29, 0.717) is 0 Å². The molecule has 4 unspecified atom stereocenters. The van der Waals surface area contributed by atoms with Crippen LogP contribution in [0.25, 0.3) is 0 Å². The van der Waals surface area contributed by atoms with Crippen LogP contribution in [0.3, 0.4) is 0 Å². The van der Waals surface area contributed by atoms with Gasteiger partial charge in [0.2, 0.25) is 0 Å². The zero-order valence-corrected chi connectivity index (χ0v) is 20.5. The smallest absolute Gasteiger partial charge is 0.339 e. The lowest BCUT2D eigenvalue weighted by atomic mass is 10.0. The van der Waals surface area contributed by atoms with Gasteiger partial charge in [0.15, 0.2) is 11.6 Å². The van der Waals surface area contributed by atoms with Crippen LogP contribution < -0.4 is 0 Å². The number of carbonyl (C=O) groups is 4. The van der Waals surface area contributed by atoms with Gasteiger partial charge in [-0.15, -0.1) is 0 Å². The van der Waals surface area contributed by atoms with Crippen molar-refractivity contribution in [3.05, 3.63) is 59.7 Å². The normalized spacial score (nSPS) is 14.2. The standard InChI is InChI=1S/C26H34O10/c1-15(2)23(31)21(29)11-9-17(27)13-35-25(33)19-7-5-6-8-20(19)26(34)36-14-18(28)10-12-22(30)24(32)16(3)4/h5-8,17-18,21-22,27-30H,1,3,9-14H2,2,4H3. The highest BCUT2D eigenvalue weighted by atomic mass is 16.5. The number of ketones is 2. The summed E-state index contributed by atoms with van der Waals surface area (Å²) in [5.74, 6) is -2.87. The molecule has 198 valence electrons. The van der Waals surface area contributed by atoms with Crippen molar-refractivity contribution in [2.24, 2.45) is 0 Å². The summed E-state index contributed by atoms with van der Waals surface area (Å²) in [6, 6.07) is 5.66. The largest absolute Gasteiger partial charge is 0.459 e. The predicted molar refractivity (Wildman–Crippen MR) is 129 cm³/mol. The summed E-state index contributed by atoms with van der Waals surface area (Å²) in [5, 5.41) is 39.5. The molecule has 0 bridgehead atoms. The molecular formula is C26H34O10. The van der Waals surface area contributed by atoms with Crippen molar-refractivity contribution in [2.45, 2.75) is 63.9 Å². The fourth-order valence-corrected chi connectivity index (χ4v) is 3.04. The molecule has 0 heterocycles. The minimum Gasteiger partial charge on any atom is -0.459 e. The molecule has 1 rings (SSSR count). The first kappa shape index (κ1) is 30.9. The van der Waals surface area contributed by atoms with Crippen molar-refractivity contribution >= 4 is 23.5 Å². The molecule has 0 aromatic heterocycles. The van der Waals surface area contributed by atoms with Crippen LogP contribution in [0, 0.1) is 0 Å². The van der Waals surface area contributed by atoms with Gasteiger partial charge in [-0.05, 0) is 62.8 Å². The van der Waals surface area contributed by atoms with E-state index in [2.05, 4.69) is 13.2 Å². The number of hydrogen-bond acceptors (Lipinski definition) is 10. The van der Waals surface area contributed by atoms with E-state index >= 15 is 0 Å². The van der Waals surface area contributed by atoms with E-state index in [4.69, 9.17) is 9.47 Å². The Labute approximate surface area is 209 Å². The number of ether oxygens (including phenoxy) is 2. The van der Waals surface area contributed by atoms with Gasteiger partial charge in [-0.3, -0.25) is 9.59 Å². The summed E-state index contributed by atoms with van der Waals surface area (Å²) < 4.78 is 10.1. The van der Waals surface area contributed by atoms with Crippen molar-refractivity contribution in [1.29, 1.82) is 0 Å². The van der Waals surface area contributed by atoms with Gasteiger partial charge in [0, 0.05) is 0 Å². The van der Waals surface area contributed by atoms with Crippen LogP contribution in [-0.2, 0) is 19.1 Å². The summed E-state index contributed by atoms with van der Waals surface area (Å²) in [6.07, 6.45) is -5.04. The molecule has 1 aromatic rings. The Kier molecular flexibility index (Phi) is 12.9. The molecule has 0 aliphatic heterocycles. The minimum atomic E-state index is -1.31. The maximum absolute atomic E-state index is 12.5. The summed E-state index contributed by atoms with van der Waals surface area (Å²) >= 11 is 0. The Morgan fingerprint density at radius 3 is 1.33 bits per heavy atom. The third kappa shape index (κ3) is 10.2. The van der Waals surface area contributed by atoms with Crippen LogP contribution >= 0.6 is 0 Å². The van der Waals surface area contributed by atoms with Gasteiger partial charge in [0.25, 0.3) is 0 Å². The van der Waals surface area contributed by atoms with E-state index in [-0.39, 0.29) is 48.0 Å². The molecule has 4 atom stereocenters. The van der Waals surface area contributed by atoms with Crippen LogP contribution in [0.4, 0.5) is 0 Å². The summed E-state index contributed by atoms with van der Waals surface area (Å²) in [7, 11) is 0. The summed E-state index contributed by atoms with van der Waals surface area (Å²) in [6.45, 7) is 8.97. The third-order valence-electron chi connectivity index (χ3n) is 5.17. The first-order valence-electron chi connectivity index (χ1n) is 11.4. The first-order valence-corrected chi connectivity index (χ1v) is 11.4. The van der Waals surface area contributed by atoms with E-state index in [0.717, 1.165) is 0 Å². The summed E-state index contributed by atoms with van der Waals surface area (Å²) in [5.41, 5.74) is 0.137. The number of esters is 2. The topological polar surface area (TPSA) is 168 Å². The maximum atomic E-state index is 12.5. The number of aliphatic hydroxyl groups is 4. The molecule has 0 saturated heterocycles. The van der Waals surface area contributed by atoms with E-state index in [9.17, 15) is 39.6 Å². The monoisotopic (exact) mass is 506 g/mol. The molecule has 10 nitrogen and oxygen atoms in total. The Bertz CT molecular complexity index is 890. The zero-order valence-electron chi connectivity index (χ0n) is 20.5. The molecule has 36 heavy (non-hydrogen) atoms. The molecule has 0 aliphatic carbocycles. The molecule has 0 radical (unpaired) electrons. The molecule has 0 aliphatic rings. The molecule has 10 heteroatoms. The third-order valence-corrected chi connectivity index (χ3v) is 5.17. The molecule has 0 fully saturated rings. The quantitative estimate of drug-likeness (QED) is 0.189. The molecule has 1 aromatic carbocycles. The van der Waals surface area contributed by atoms with Gasteiger partial charge in [0.05, 0.1) is 23.3 Å². The van der Waals surface area contributed by atoms with Crippen LogP contribution in [0.5, 0.6) is 0 Å². The average molecular weight is 507 g/mol. The van der Waals surface area contributed by atoms with Crippen molar-refractivity contribution in [3.63, 3.8) is 0 Å². The van der Waals surface area contributed by atoms with Gasteiger partial charge >= 0.3 is 11.9 Å². The second-order valence-electron chi connectivity index (χ2n) is 8.53. The fourth-order valence-electron chi connectivity index (χ4n) is 3.04. The summed E-state index contributed by atoms with van der Waals surface area (Å²) in [4.78, 5) is 48.2. The Morgan fingerprint density at radius 2 is 1.03 bits per heavy atom. The maximum Gasteiger partial charge on any atom is 0.339 e. The number of hydrogen-bond donors (Lipinski definition) is 4. The predicted octanol–water partition coefficient (Wildman–Crippen LogP) is 1.29. The highest BCUT2D eigenvalue weighted by Gasteiger charge is 2.23. The lowest BCUT2D eigenvalue weighted by Crippen LogP contribution is -2.26. The Morgan fingerprint density at radius 1 is 0.694 bits per heavy atom. The second-order valence-corrected chi connectivity index (χ2v) is 8.53. The molecule has 0 spiro atoms. The van der Waals surface area contributed by atoms with Crippen LogP contribution in [0.2, 0.25) is 0 Å².